The molecule has 1 aliphatic rings. The molecule has 0 saturated carbocycles. The highest BCUT2D eigenvalue weighted by Gasteiger charge is 2.18. The van der Waals surface area contributed by atoms with Crippen molar-refractivity contribution >= 4 is 6.03 Å². The van der Waals surface area contributed by atoms with Gasteiger partial charge >= 0.3 is 6.03 Å². The molecule has 1 aromatic rings. The Balaban J connectivity index is 1.93. The van der Waals surface area contributed by atoms with Crippen molar-refractivity contribution < 1.29 is 9.53 Å². The van der Waals surface area contributed by atoms with Crippen LogP contribution in [0.25, 0.3) is 0 Å². The fraction of sp³-hybridized carbons (Fsp3) is 0.250. The summed E-state index contributed by atoms with van der Waals surface area (Å²) in [7, 11) is 0. The lowest BCUT2D eigenvalue weighted by Crippen LogP contribution is -2.46. The molecule has 2 amide bonds. The van der Waals surface area contributed by atoms with Crippen LogP contribution >= 0.6 is 0 Å². The lowest BCUT2D eigenvalue weighted by molar-refractivity contribution is 0.0463. The molecule has 1 atom stereocenters. The Bertz CT molecular complexity index is 401. The molecule has 0 bridgehead atoms. The van der Waals surface area contributed by atoms with E-state index in [1.807, 2.05) is 37.3 Å². The van der Waals surface area contributed by atoms with Gasteiger partial charge in [-0.2, -0.15) is 0 Å². The van der Waals surface area contributed by atoms with Crippen molar-refractivity contribution in [1.82, 2.24) is 10.6 Å². The van der Waals surface area contributed by atoms with Crippen LogP contribution in [0, 0.1) is 0 Å². The molecule has 1 heterocycles. The normalized spacial score (nSPS) is 19.7. The summed E-state index contributed by atoms with van der Waals surface area (Å²) in [5, 5.41) is 5.26. The SMILES string of the molecule is CC1=CNC(=O)NC1OCc1ccccc1. The van der Waals surface area contributed by atoms with Gasteiger partial charge in [0, 0.05) is 6.20 Å². The van der Waals surface area contributed by atoms with E-state index >= 15 is 0 Å². The number of benzene rings is 1. The van der Waals surface area contributed by atoms with Gasteiger partial charge in [0.15, 0.2) is 6.23 Å². The fourth-order valence-electron chi connectivity index (χ4n) is 1.46. The van der Waals surface area contributed by atoms with E-state index in [0.29, 0.717) is 6.61 Å². The highest BCUT2D eigenvalue weighted by atomic mass is 16.5. The van der Waals surface area contributed by atoms with Crippen LogP contribution in [-0.4, -0.2) is 12.3 Å². The molecular formula is C12H14N2O2. The number of hydrogen-bond acceptors (Lipinski definition) is 2. The molecule has 1 unspecified atom stereocenters. The molecule has 0 aliphatic carbocycles. The van der Waals surface area contributed by atoms with Gasteiger partial charge in [-0.25, -0.2) is 4.79 Å². The van der Waals surface area contributed by atoms with Gasteiger partial charge in [-0.15, -0.1) is 0 Å². The van der Waals surface area contributed by atoms with E-state index in [2.05, 4.69) is 10.6 Å². The predicted molar refractivity (Wildman–Crippen MR) is 60.4 cm³/mol. The third-order valence-electron chi connectivity index (χ3n) is 2.37. The Kier molecular flexibility index (Phi) is 3.22. The van der Waals surface area contributed by atoms with Crippen molar-refractivity contribution in [3.63, 3.8) is 0 Å². The van der Waals surface area contributed by atoms with Crippen molar-refractivity contribution in [3.05, 3.63) is 47.7 Å². The van der Waals surface area contributed by atoms with E-state index in [0.717, 1.165) is 11.1 Å². The van der Waals surface area contributed by atoms with Gasteiger partial charge in [-0.05, 0) is 18.1 Å². The molecule has 2 rings (SSSR count). The number of hydrogen-bond donors (Lipinski definition) is 2. The van der Waals surface area contributed by atoms with E-state index in [1.54, 1.807) is 6.20 Å². The van der Waals surface area contributed by atoms with Crippen LogP contribution in [0.1, 0.15) is 12.5 Å². The first-order valence-electron chi connectivity index (χ1n) is 5.15. The summed E-state index contributed by atoms with van der Waals surface area (Å²) in [4.78, 5) is 11.1. The van der Waals surface area contributed by atoms with Crippen LogP contribution in [0.15, 0.2) is 42.1 Å². The third-order valence-corrected chi connectivity index (χ3v) is 2.37. The lowest BCUT2D eigenvalue weighted by atomic mass is 10.2. The number of rotatable bonds is 3. The Morgan fingerprint density at radius 2 is 2.06 bits per heavy atom. The molecule has 0 aromatic heterocycles. The quantitative estimate of drug-likeness (QED) is 0.812. The van der Waals surface area contributed by atoms with Gasteiger partial charge in [0.1, 0.15) is 0 Å². The fourth-order valence-corrected chi connectivity index (χ4v) is 1.46. The topological polar surface area (TPSA) is 50.4 Å². The number of urea groups is 1. The van der Waals surface area contributed by atoms with Gasteiger partial charge in [0.2, 0.25) is 0 Å². The summed E-state index contributed by atoms with van der Waals surface area (Å²) in [6.45, 7) is 2.39. The molecule has 0 saturated heterocycles. The first-order valence-corrected chi connectivity index (χ1v) is 5.15. The van der Waals surface area contributed by atoms with Crippen molar-refractivity contribution in [2.45, 2.75) is 19.8 Å². The summed E-state index contributed by atoms with van der Waals surface area (Å²) >= 11 is 0. The Morgan fingerprint density at radius 3 is 2.81 bits per heavy atom. The van der Waals surface area contributed by atoms with E-state index in [-0.39, 0.29) is 12.3 Å². The molecule has 0 radical (unpaired) electrons. The maximum atomic E-state index is 11.1. The van der Waals surface area contributed by atoms with Crippen molar-refractivity contribution in [1.29, 1.82) is 0 Å². The van der Waals surface area contributed by atoms with Crippen LogP contribution in [-0.2, 0) is 11.3 Å². The van der Waals surface area contributed by atoms with Crippen molar-refractivity contribution in [2.24, 2.45) is 0 Å². The average molecular weight is 218 g/mol. The van der Waals surface area contributed by atoms with Gasteiger partial charge in [-0.3, -0.25) is 0 Å². The van der Waals surface area contributed by atoms with E-state index in [1.165, 1.54) is 0 Å². The summed E-state index contributed by atoms with van der Waals surface area (Å²) in [6, 6.07) is 9.62. The lowest BCUT2D eigenvalue weighted by Gasteiger charge is -2.23. The minimum atomic E-state index is -0.339. The molecule has 1 aliphatic heterocycles. The number of carbonyl (C=O) groups excluding carboxylic acids is 1. The number of nitrogens with one attached hydrogen (secondary N) is 2. The summed E-state index contributed by atoms with van der Waals surface area (Å²) in [6.07, 6.45) is 1.32. The third kappa shape index (κ3) is 2.61. The van der Waals surface area contributed by atoms with E-state index in [4.69, 9.17) is 4.74 Å². The molecule has 0 fully saturated rings. The highest BCUT2D eigenvalue weighted by molar-refractivity contribution is 5.76. The monoisotopic (exact) mass is 218 g/mol. The first kappa shape index (κ1) is 10.7. The average Bonchev–Trinajstić information content (AvgIpc) is 2.32. The van der Waals surface area contributed by atoms with Gasteiger partial charge in [0.25, 0.3) is 0 Å². The second kappa shape index (κ2) is 4.81. The second-order valence-corrected chi connectivity index (χ2v) is 3.68. The number of amides is 2. The number of ether oxygens (including phenoxy) is 1. The summed E-state index contributed by atoms with van der Waals surface area (Å²) in [5.41, 5.74) is 2.04. The molecule has 1 aromatic carbocycles. The molecule has 2 N–H and O–H groups in total. The standard InChI is InChI=1S/C12H14N2O2/c1-9-7-13-12(15)14-11(9)16-8-10-5-3-2-4-6-10/h2-7,11H,8H2,1H3,(H2,13,14,15). The number of carbonyl (C=O) groups is 1. The minimum Gasteiger partial charge on any atom is -0.350 e. The second-order valence-electron chi connectivity index (χ2n) is 3.68. The maximum absolute atomic E-state index is 11.1. The van der Waals surface area contributed by atoms with Gasteiger partial charge in [0.05, 0.1) is 6.61 Å². The molecule has 16 heavy (non-hydrogen) atoms. The Hall–Kier alpha value is -1.81. The van der Waals surface area contributed by atoms with Crippen LogP contribution in [0.2, 0.25) is 0 Å². The van der Waals surface area contributed by atoms with Crippen LogP contribution in [0.3, 0.4) is 0 Å². The van der Waals surface area contributed by atoms with E-state index < -0.39 is 0 Å². The van der Waals surface area contributed by atoms with Crippen molar-refractivity contribution in [3.8, 4) is 0 Å². The zero-order valence-electron chi connectivity index (χ0n) is 9.07. The molecular weight excluding hydrogens is 204 g/mol. The summed E-state index contributed by atoms with van der Waals surface area (Å²) < 4.78 is 5.61. The molecule has 4 heteroatoms. The minimum absolute atomic E-state index is 0.233. The zero-order valence-corrected chi connectivity index (χ0v) is 9.07. The van der Waals surface area contributed by atoms with Crippen LogP contribution in [0.4, 0.5) is 4.79 Å². The Morgan fingerprint density at radius 1 is 1.31 bits per heavy atom. The molecule has 84 valence electrons. The maximum Gasteiger partial charge on any atom is 0.321 e. The van der Waals surface area contributed by atoms with Gasteiger partial charge < -0.3 is 15.4 Å². The smallest absolute Gasteiger partial charge is 0.321 e. The molecule has 0 spiro atoms. The first-order chi connectivity index (χ1) is 7.75. The van der Waals surface area contributed by atoms with Crippen molar-refractivity contribution in [2.75, 3.05) is 0 Å². The Labute approximate surface area is 94.3 Å². The zero-order chi connectivity index (χ0) is 11.4. The van der Waals surface area contributed by atoms with Gasteiger partial charge in [-0.1, -0.05) is 30.3 Å². The van der Waals surface area contributed by atoms with E-state index in [9.17, 15) is 4.79 Å². The predicted octanol–water partition coefficient (Wildman–Crippen LogP) is 1.75. The largest absolute Gasteiger partial charge is 0.350 e. The summed E-state index contributed by atoms with van der Waals surface area (Å²) in [5.74, 6) is 0. The molecule has 4 nitrogen and oxygen atoms in total. The highest BCUT2D eigenvalue weighted by Crippen LogP contribution is 2.09. The van der Waals surface area contributed by atoms with Crippen LogP contribution < -0.4 is 10.6 Å². The van der Waals surface area contributed by atoms with Crippen LogP contribution in [0.5, 0.6) is 0 Å².